The van der Waals surface area contributed by atoms with Crippen molar-refractivity contribution in [3.8, 4) is 0 Å². The first-order valence-corrected chi connectivity index (χ1v) is 6.03. The number of aryl methyl sites for hydroxylation is 1. The van der Waals surface area contributed by atoms with E-state index in [0.29, 0.717) is 17.8 Å². The van der Waals surface area contributed by atoms with Gasteiger partial charge in [-0.05, 0) is 19.4 Å². The van der Waals surface area contributed by atoms with E-state index in [2.05, 4.69) is 10.3 Å². The molecule has 7 heteroatoms. The fraction of sp³-hybridized carbons (Fsp3) is 0.500. The minimum Gasteiger partial charge on any atom is -0.481 e. The number of hydrogen-bond acceptors (Lipinski definition) is 5. The maximum Gasteiger partial charge on any atom is 0.308 e. The second-order valence-electron chi connectivity index (χ2n) is 4.32. The molecule has 0 saturated carbocycles. The molecule has 0 amide bonds. The summed E-state index contributed by atoms with van der Waals surface area (Å²) in [5.41, 5.74) is 0.443. The molecule has 0 saturated heterocycles. The van der Waals surface area contributed by atoms with Gasteiger partial charge in [-0.25, -0.2) is 4.98 Å². The van der Waals surface area contributed by atoms with Gasteiger partial charge in [-0.3, -0.25) is 14.9 Å². The van der Waals surface area contributed by atoms with Crippen LogP contribution in [0.15, 0.2) is 12.3 Å². The molecule has 1 aromatic heterocycles. The zero-order valence-corrected chi connectivity index (χ0v) is 10.9. The Morgan fingerprint density at radius 1 is 1.63 bits per heavy atom. The molecule has 104 valence electrons. The minimum atomic E-state index is -0.854. The number of nitro groups is 1. The van der Waals surface area contributed by atoms with Gasteiger partial charge < -0.3 is 10.4 Å². The van der Waals surface area contributed by atoms with Gasteiger partial charge in [0.2, 0.25) is 0 Å². The van der Waals surface area contributed by atoms with Gasteiger partial charge in [-0.1, -0.05) is 13.3 Å². The lowest BCUT2D eigenvalue weighted by molar-refractivity contribution is -0.385. The van der Waals surface area contributed by atoms with Gasteiger partial charge in [-0.15, -0.1) is 0 Å². The Morgan fingerprint density at radius 3 is 2.79 bits per heavy atom. The third-order valence-electron chi connectivity index (χ3n) is 2.80. The summed E-state index contributed by atoms with van der Waals surface area (Å²) in [5.74, 6) is -0.888. The molecule has 0 spiro atoms. The van der Waals surface area contributed by atoms with Crippen LogP contribution < -0.4 is 5.32 Å². The smallest absolute Gasteiger partial charge is 0.308 e. The summed E-state index contributed by atoms with van der Waals surface area (Å²) in [6, 6.07) is 1.54. The zero-order chi connectivity index (χ0) is 14.4. The van der Waals surface area contributed by atoms with Crippen molar-refractivity contribution in [2.45, 2.75) is 26.7 Å². The molecule has 7 nitrogen and oxygen atoms in total. The van der Waals surface area contributed by atoms with Gasteiger partial charge in [0.1, 0.15) is 12.0 Å². The van der Waals surface area contributed by atoms with E-state index in [1.165, 1.54) is 6.20 Å². The molecule has 0 aromatic carbocycles. The summed E-state index contributed by atoms with van der Waals surface area (Å²) in [7, 11) is 0. The third-order valence-corrected chi connectivity index (χ3v) is 2.80. The highest BCUT2D eigenvalue weighted by Crippen LogP contribution is 2.19. The van der Waals surface area contributed by atoms with Crippen LogP contribution in [0.1, 0.15) is 25.3 Å². The van der Waals surface area contributed by atoms with Crippen LogP contribution in [0.4, 0.5) is 11.5 Å². The van der Waals surface area contributed by atoms with E-state index in [4.69, 9.17) is 5.11 Å². The molecule has 0 radical (unpaired) electrons. The minimum absolute atomic E-state index is 0.0473. The molecular formula is C12H17N3O4. The van der Waals surface area contributed by atoms with Crippen LogP contribution in [0.5, 0.6) is 0 Å². The molecule has 0 aliphatic rings. The molecule has 0 aliphatic carbocycles. The van der Waals surface area contributed by atoms with E-state index >= 15 is 0 Å². The summed E-state index contributed by atoms with van der Waals surface area (Å²) < 4.78 is 0. The predicted octanol–water partition coefficient (Wildman–Crippen LogP) is 2.21. The van der Waals surface area contributed by atoms with Crippen LogP contribution in [0.2, 0.25) is 0 Å². The van der Waals surface area contributed by atoms with Crippen LogP contribution in [-0.4, -0.2) is 27.5 Å². The van der Waals surface area contributed by atoms with E-state index in [0.717, 1.165) is 6.42 Å². The van der Waals surface area contributed by atoms with Crippen LogP contribution in [-0.2, 0) is 4.79 Å². The lowest BCUT2D eigenvalue weighted by Gasteiger charge is -2.12. The molecule has 1 heterocycles. The number of nitrogens with zero attached hydrogens (tertiary/aromatic N) is 2. The van der Waals surface area contributed by atoms with Crippen LogP contribution in [0.3, 0.4) is 0 Å². The largest absolute Gasteiger partial charge is 0.481 e. The molecule has 0 fully saturated rings. The lowest BCUT2D eigenvalue weighted by atomic mass is 10.0. The highest BCUT2D eigenvalue weighted by Gasteiger charge is 2.17. The standard InChI is InChI=1S/C12H17N3O4/c1-3-4-9(12(16)17)6-13-11-5-8(2)10(7-14-11)15(18)19/h5,7,9H,3-4,6H2,1-2H3,(H,13,14)(H,16,17). The van der Waals surface area contributed by atoms with Crippen molar-refractivity contribution < 1.29 is 14.8 Å². The molecule has 1 atom stereocenters. The molecule has 1 unspecified atom stereocenters. The Morgan fingerprint density at radius 2 is 2.32 bits per heavy atom. The van der Waals surface area contributed by atoms with Crippen LogP contribution in [0, 0.1) is 23.0 Å². The topological polar surface area (TPSA) is 105 Å². The van der Waals surface area contributed by atoms with Crippen LogP contribution in [0.25, 0.3) is 0 Å². The Kier molecular flexibility index (Phi) is 5.23. The fourth-order valence-corrected chi connectivity index (χ4v) is 1.73. The maximum absolute atomic E-state index is 11.0. The molecule has 0 aliphatic heterocycles. The van der Waals surface area contributed by atoms with Gasteiger partial charge in [0.05, 0.1) is 10.8 Å². The van der Waals surface area contributed by atoms with E-state index in [9.17, 15) is 14.9 Å². The third kappa shape index (κ3) is 4.20. The first-order chi connectivity index (χ1) is 8.95. The molecule has 2 N–H and O–H groups in total. The normalized spacial score (nSPS) is 11.9. The quantitative estimate of drug-likeness (QED) is 0.579. The molecular weight excluding hydrogens is 250 g/mol. The van der Waals surface area contributed by atoms with Gasteiger partial charge in [0, 0.05) is 12.1 Å². The van der Waals surface area contributed by atoms with E-state index in [1.807, 2.05) is 6.92 Å². The summed E-state index contributed by atoms with van der Waals surface area (Å²) in [5, 5.41) is 22.5. The van der Waals surface area contributed by atoms with E-state index < -0.39 is 16.8 Å². The van der Waals surface area contributed by atoms with Crippen molar-refractivity contribution in [3.05, 3.63) is 27.9 Å². The van der Waals surface area contributed by atoms with Crippen molar-refractivity contribution >= 4 is 17.5 Å². The molecule has 19 heavy (non-hydrogen) atoms. The summed E-state index contributed by atoms with van der Waals surface area (Å²) in [6.07, 6.45) is 2.53. The number of nitrogens with one attached hydrogen (secondary N) is 1. The second kappa shape index (κ2) is 6.67. The number of pyridine rings is 1. The number of hydrogen-bond donors (Lipinski definition) is 2. The Bertz CT molecular complexity index is 476. The molecule has 1 rings (SSSR count). The van der Waals surface area contributed by atoms with Crippen LogP contribution >= 0.6 is 0 Å². The summed E-state index contributed by atoms with van der Waals surface area (Å²) >= 11 is 0. The fourth-order valence-electron chi connectivity index (χ4n) is 1.73. The van der Waals surface area contributed by atoms with Crippen molar-refractivity contribution in [1.29, 1.82) is 0 Å². The average molecular weight is 267 g/mol. The predicted molar refractivity (Wildman–Crippen MR) is 70.2 cm³/mol. The second-order valence-corrected chi connectivity index (χ2v) is 4.32. The first-order valence-electron chi connectivity index (χ1n) is 6.03. The van der Waals surface area contributed by atoms with Crippen molar-refractivity contribution in [2.24, 2.45) is 5.92 Å². The molecule has 0 bridgehead atoms. The first kappa shape index (κ1) is 14.9. The summed E-state index contributed by atoms with van der Waals surface area (Å²) in [6.45, 7) is 3.79. The lowest BCUT2D eigenvalue weighted by Crippen LogP contribution is -2.23. The number of carboxylic acid groups (broad SMARTS) is 1. The van der Waals surface area contributed by atoms with E-state index in [1.54, 1.807) is 13.0 Å². The van der Waals surface area contributed by atoms with Gasteiger partial charge >= 0.3 is 5.97 Å². The molecule has 1 aromatic rings. The van der Waals surface area contributed by atoms with Crippen molar-refractivity contribution in [1.82, 2.24) is 4.98 Å². The number of anilines is 1. The van der Waals surface area contributed by atoms with Gasteiger partial charge in [0.15, 0.2) is 0 Å². The maximum atomic E-state index is 11.0. The van der Waals surface area contributed by atoms with Gasteiger partial charge in [-0.2, -0.15) is 0 Å². The van der Waals surface area contributed by atoms with E-state index in [-0.39, 0.29) is 12.2 Å². The van der Waals surface area contributed by atoms with Crippen molar-refractivity contribution in [2.75, 3.05) is 11.9 Å². The highest BCUT2D eigenvalue weighted by atomic mass is 16.6. The number of rotatable bonds is 7. The number of carboxylic acids is 1. The van der Waals surface area contributed by atoms with Gasteiger partial charge in [0.25, 0.3) is 5.69 Å². The SMILES string of the molecule is CCCC(CNc1cc(C)c([N+](=O)[O-])cn1)C(=O)O. The summed E-state index contributed by atoms with van der Waals surface area (Å²) in [4.78, 5) is 25.0. The average Bonchev–Trinajstić information content (AvgIpc) is 2.33. The van der Waals surface area contributed by atoms with Crippen molar-refractivity contribution in [3.63, 3.8) is 0 Å². The Balaban J connectivity index is 2.70. The highest BCUT2D eigenvalue weighted by molar-refractivity contribution is 5.70. The number of carbonyl (C=O) groups is 1. The number of aliphatic carboxylic acids is 1. The monoisotopic (exact) mass is 267 g/mol. The Hall–Kier alpha value is -2.18. The number of aromatic nitrogens is 1. The zero-order valence-electron chi connectivity index (χ0n) is 10.9. The Labute approximate surface area is 110 Å².